The number of carboxylic acid groups (broad SMARTS) is 1. The molecule has 0 aliphatic carbocycles. The third kappa shape index (κ3) is 5.37. The number of carbonyl (C=O) groups excluding carboxylic acids is 2. The first-order valence-corrected chi connectivity index (χ1v) is 8.27. The van der Waals surface area contributed by atoms with Crippen LogP contribution in [0.3, 0.4) is 0 Å². The molecule has 0 saturated carbocycles. The molecule has 0 aliphatic rings. The SMILES string of the molecule is COc1ccc(C(NC(=O)CCC(=O)c2ccc(C)cc2)C(=O)O)cc1F. The molecule has 2 aromatic rings. The molecule has 2 aromatic carbocycles. The molecular weight excluding hydrogens is 353 g/mol. The molecule has 6 nitrogen and oxygen atoms in total. The van der Waals surface area contributed by atoms with Gasteiger partial charge in [-0.2, -0.15) is 0 Å². The van der Waals surface area contributed by atoms with Crippen molar-refractivity contribution in [2.45, 2.75) is 25.8 Å². The molecule has 0 saturated heterocycles. The van der Waals surface area contributed by atoms with Crippen molar-refractivity contribution in [1.29, 1.82) is 0 Å². The lowest BCUT2D eigenvalue weighted by atomic mass is 10.0. The van der Waals surface area contributed by atoms with E-state index >= 15 is 0 Å². The van der Waals surface area contributed by atoms with E-state index in [1.807, 2.05) is 6.92 Å². The van der Waals surface area contributed by atoms with Crippen molar-refractivity contribution in [2.75, 3.05) is 7.11 Å². The van der Waals surface area contributed by atoms with Crippen LogP contribution < -0.4 is 10.1 Å². The molecule has 1 atom stereocenters. The number of hydrogen-bond donors (Lipinski definition) is 2. The molecule has 0 heterocycles. The molecule has 142 valence electrons. The maximum atomic E-state index is 13.8. The summed E-state index contributed by atoms with van der Waals surface area (Å²) in [5.74, 6) is -2.92. The van der Waals surface area contributed by atoms with Gasteiger partial charge in [-0.1, -0.05) is 35.9 Å². The zero-order valence-corrected chi connectivity index (χ0v) is 15.0. The predicted molar refractivity (Wildman–Crippen MR) is 96.2 cm³/mol. The van der Waals surface area contributed by atoms with Crippen molar-refractivity contribution in [1.82, 2.24) is 5.32 Å². The average molecular weight is 373 g/mol. The first-order chi connectivity index (χ1) is 12.8. The van der Waals surface area contributed by atoms with Crippen LogP contribution in [0.2, 0.25) is 0 Å². The highest BCUT2D eigenvalue weighted by Crippen LogP contribution is 2.22. The third-order valence-corrected chi connectivity index (χ3v) is 4.01. The fraction of sp³-hybridized carbons (Fsp3) is 0.250. The number of methoxy groups -OCH3 is 1. The minimum absolute atomic E-state index is 0.0297. The van der Waals surface area contributed by atoms with Crippen molar-refractivity contribution in [3.63, 3.8) is 0 Å². The largest absolute Gasteiger partial charge is 0.494 e. The third-order valence-electron chi connectivity index (χ3n) is 4.01. The maximum Gasteiger partial charge on any atom is 0.330 e. The molecule has 0 fully saturated rings. The number of ketones is 1. The number of carboxylic acids is 1. The van der Waals surface area contributed by atoms with Crippen LogP contribution in [0.1, 0.15) is 40.4 Å². The monoisotopic (exact) mass is 373 g/mol. The van der Waals surface area contributed by atoms with Crippen molar-refractivity contribution in [2.24, 2.45) is 0 Å². The number of carbonyl (C=O) groups is 3. The lowest BCUT2D eigenvalue weighted by Gasteiger charge is -2.15. The summed E-state index contributed by atoms with van der Waals surface area (Å²) < 4.78 is 18.6. The summed E-state index contributed by atoms with van der Waals surface area (Å²) in [6.45, 7) is 1.90. The first kappa shape index (κ1) is 20.1. The van der Waals surface area contributed by atoms with Crippen LogP contribution in [0.5, 0.6) is 5.75 Å². The zero-order valence-electron chi connectivity index (χ0n) is 15.0. The van der Waals surface area contributed by atoms with Crippen LogP contribution in [0.15, 0.2) is 42.5 Å². The Kier molecular flexibility index (Phi) is 6.65. The van der Waals surface area contributed by atoms with Gasteiger partial charge >= 0.3 is 5.97 Å². The first-order valence-electron chi connectivity index (χ1n) is 8.27. The van der Waals surface area contributed by atoms with Crippen LogP contribution in [0.25, 0.3) is 0 Å². The van der Waals surface area contributed by atoms with Gasteiger partial charge in [0.25, 0.3) is 0 Å². The number of nitrogens with one attached hydrogen (secondary N) is 1. The summed E-state index contributed by atoms with van der Waals surface area (Å²) in [5.41, 5.74) is 1.57. The standard InChI is InChI=1S/C20H20FNO5/c1-12-3-5-13(6-4-12)16(23)8-10-18(24)22-19(20(25)26)14-7-9-17(27-2)15(21)11-14/h3-7,9,11,19H,8,10H2,1-2H3,(H,22,24)(H,25,26). The van der Waals surface area contributed by atoms with E-state index < -0.39 is 23.7 Å². The second-order valence-electron chi connectivity index (χ2n) is 6.02. The molecule has 1 amide bonds. The van der Waals surface area contributed by atoms with E-state index in [9.17, 15) is 23.9 Å². The predicted octanol–water partition coefficient (Wildman–Crippen LogP) is 3.05. The number of Topliss-reactive ketones (excluding diaryl/α,β-unsaturated/α-hetero) is 1. The van der Waals surface area contributed by atoms with Gasteiger partial charge < -0.3 is 15.2 Å². The van der Waals surface area contributed by atoms with Crippen LogP contribution in [-0.2, 0) is 9.59 Å². The summed E-state index contributed by atoms with van der Waals surface area (Å²) >= 11 is 0. The quantitative estimate of drug-likeness (QED) is 0.694. The number of ether oxygens (including phenoxy) is 1. The lowest BCUT2D eigenvalue weighted by molar-refractivity contribution is -0.142. The Hall–Kier alpha value is -3.22. The average Bonchev–Trinajstić information content (AvgIpc) is 2.64. The normalized spacial score (nSPS) is 11.5. The van der Waals surface area contributed by atoms with Crippen molar-refractivity contribution < 1.29 is 28.6 Å². The van der Waals surface area contributed by atoms with Gasteiger partial charge in [-0.15, -0.1) is 0 Å². The molecule has 7 heteroatoms. The highest BCUT2D eigenvalue weighted by Gasteiger charge is 2.23. The van der Waals surface area contributed by atoms with E-state index in [1.54, 1.807) is 24.3 Å². The second-order valence-corrected chi connectivity index (χ2v) is 6.02. The number of benzene rings is 2. The van der Waals surface area contributed by atoms with Crippen molar-refractivity contribution >= 4 is 17.7 Å². The topological polar surface area (TPSA) is 92.7 Å². The van der Waals surface area contributed by atoms with Gasteiger partial charge in [-0.3, -0.25) is 9.59 Å². The Morgan fingerprint density at radius 1 is 1.11 bits per heavy atom. The van der Waals surface area contributed by atoms with Crippen LogP contribution in [-0.4, -0.2) is 29.9 Å². The van der Waals surface area contributed by atoms with E-state index in [4.69, 9.17) is 4.74 Å². The molecule has 0 bridgehead atoms. The maximum absolute atomic E-state index is 13.8. The number of aliphatic carboxylic acids is 1. The van der Waals surface area contributed by atoms with Crippen molar-refractivity contribution in [3.8, 4) is 5.75 Å². The van der Waals surface area contributed by atoms with Gasteiger partial charge in [-0.25, -0.2) is 9.18 Å². The van der Waals surface area contributed by atoms with Gasteiger partial charge in [0.2, 0.25) is 5.91 Å². The highest BCUT2D eigenvalue weighted by molar-refractivity contribution is 5.98. The van der Waals surface area contributed by atoms with Gasteiger partial charge in [0.15, 0.2) is 23.4 Å². The van der Waals surface area contributed by atoms with Crippen LogP contribution >= 0.6 is 0 Å². The minimum atomic E-state index is -1.42. The fourth-order valence-electron chi connectivity index (χ4n) is 2.49. The smallest absolute Gasteiger partial charge is 0.330 e. The molecule has 0 spiro atoms. The van der Waals surface area contributed by atoms with Gasteiger partial charge in [0.05, 0.1) is 7.11 Å². The van der Waals surface area contributed by atoms with Crippen LogP contribution in [0.4, 0.5) is 4.39 Å². The Bertz CT molecular complexity index is 848. The summed E-state index contributed by atoms with van der Waals surface area (Å²) in [6.07, 6.45) is -0.229. The van der Waals surface area contributed by atoms with Crippen LogP contribution in [0, 0.1) is 12.7 Å². The Morgan fingerprint density at radius 3 is 2.33 bits per heavy atom. The number of hydrogen-bond acceptors (Lipinski definition) is 4. The lowest BCUT2D eigenvalue weighted by Crippen LogP contribution is -2.34. The van der Waals surface area contributed by atoms with Gasteiger partial charge in [-0.05, 0) is 24.6 Å². The summed E-state index contributed by atoms with van der Waals surface area (Å²) in [4.78, 5) is 35.6. The number of amides is 1. The summed E-state index contributed by atoms with van der Waals surface area (Å²) in [5, 5.41) is 11.7. The molecular formula is C20H20FNO5. The fourth-order valence-corrected chi connectivity index (χ4v) is 2.49. The molecule has 0 radical (unpaired) electrons. The molecule has 2 rings (SSSR count). The van der Waals surface area contributed by atoms with Crippen molar-refractivity contribution in [3.05, 3.63) is 65.0 Å². The van der Waals surface area contributed by atoms with E-state index in [1.165, 1.54) is 19.2 Å². The zero-order chi connectivity index (χ0) is 20.0. The van der Waals surface area contributed by atoms with Gasteiger partial charge in [0.1, 0.15) is 0 Å². The highest BCUT2D eigenvalue weighted by atomic mass is 19.1. The van der Waals surface area contributed by atoms with E-state index in [-0.39, 0.29) is 29.9 Å². The summed E-state index contributed by atoms with van der Waals surface area (Å²) in [7, 11) is 1.29. The Balaban J connectivity index is 2.00. The molecule has 27 heavy (non-hydrogen) atoms. The Labute approximate surface area is 156 Å². The molecule has 0 aromatic heterocycles. The molecule has 2 N–H and O–H groups in total. The van der Waals surface area contributed by atoms with E-state index in [2.05, 4.69) is 5.32 Å². The number of aryl methyl sites for hydroxylation is 1. The van der Waals surface area contributed by atoms with Gasteiger partial charge in [0, 0.05) is 18.4 Å². The Morgan fingerprint density at radius 2 is 1.78 bits per heavy atom. The van der Waals surface area contributed by atoms with E-state index in [0.717, 1.165) is 11.6 Å². The molecule has 1 unspecified atom stereocenters. The number of rotatable bonds is 8. The number of halogens is 1. The second kappa shape index (κ2) is 8.93. The summed E-state index contributed by atoms with van der Waals surface area (Å²) in [6, 6.07) is 9.16. The minimum Gasteiger partial charge on any atom is -0.494 e. The molecule has 0 aliphatic heterocycles. The van der Waals surface area contributed by atoms with E-state index in [0.29, 0.717) is 5.56 Å².